The van der Waals surface area contributed by atoms with Crippen LogP contribution in [0.5, 0.6) is 0 Å². The van der Waals surface area contributed by atoms with Gasteiger partial charge in [0.05, 0.1) is 12.2 Å². The Morgan fingerprint density at radius 3 is 2.71 bits per heavy atom. The number of carbonyl (C=O) groups is 1. The van der Waals surface area contributed by atoms with Crippen LogP contribution in [0.15, 0.2) is 12.4 Å². The standard InChI is InChI=1S/C16H25N3OS/c1-16(6-3-7-16)15(20)18-8-4-14(5-9-18)19-11-13(10-17-19)12-21-2/h10-11,14H,3-9,12H2,1-2H3. The van der Waals surface area contributed by atoms with E-state index in [1.165, 1.54) is 12.0 Å². The van der Waals surface area contributed by atoms with Crippen LogP contribution in [0.2, 0.25) is 0 Å². The molecule has 0 N–H and O–H groups in total. The molecule has 1 amide bonds. The molecule has 1 saturated heterocycles. The third kappa shape index (κ3) is 2.98. The molecule has 1 saturated carbocycles. The number of nitrogens with zero attached hydrogens (tertiary/aromatic N) is 3. The number of rotatable bonds is 4. The van der Waals surface area contributed by atoms with Crippen molar-refractivity contribution in [3.8, 4) is 0 Å². The Labute approximate surface area is 131 Å². The van der Waals surface area contributed by atoms with Crippen LogP contribution in [0.25, 0.3) is 0 Å². The van der Waals surface area contributed by atoms with Crippen molar-refractivity contribution in [1.29, 1.82) is 0 Å². The summed E-state index contributed by atoms with van der Waals surface area (Å²) < 4.78 is 2.11. The lowest BCUT2D eigenvalue weighted by Crippen LogP contribution is -2.49. The zero-order chi connectivity index (χ0) is 14.9. The molecule has 0 spiro atoms. The second-order valence-electron chi connectivity index (χ2n) is 6.70. The highest BCUT2D eigenvalue weighted by atomic mass is 32.2. The van der Waals surface area contributed by atoms with E-state index in [2.05, 4.69) is 34.1 Å². The van der Waals surface area contributed by atoms with Crippen LogP contribution in [0.3, 0.4) is 0 Å². The minimum absolute atomic E-state index is 0.0515. The van der Waals surface area contributed by atoms with E-state index in [0.29, 0.717) is 11.9 Å². The highest BCUT2D eigenvalue weighted by Gasteiger charge is 2.42. The van der Waals surface area contributed by atoms with Crippen molar-refractivity contribution >= 4 is 17.7 Å². The zero-order valence-corrected chi connectivity index (χ0v) is 13.9. The monoisotopic (exact) mass is 307 g/mol. The molecule has 1 aliphatic heterocycles. The van der Waals surface area contributed by atoms with Crippen LogP contribution >= 0.6 is 11.8 Å². The first kappa shape index (κ1) is 14.9. The minimum atomic E-state index is -0.0515. The lowest BCUT2D eigenvalue weighted by molar-refractivity contribution is -0.147. The number of carbonyl (C=O) groups excluding carboxylic acids is 1. The molecule has 2 aliphatic rings. The van der Waals surface area contributed by atoms with E-state index in [-0.39, 0.29) is 5.41 Å². The van der Waals surface area contributed by atoms with Gasteiger partial charge in [-0.2, -0.15) is 16.9 Å². The second kappa shape index (κ2) is 6.03. The fraction of sp³-hybridized carbons (Fsp3) is 0.750. The number of piperidine rings is 1. The van der Waals surface area contributed by atoms with Gasteiger partial charge in [-0.05, 0) is 37.5 Å². The Balaban J connectivity index is 1.55. The molecule has 0 unspecified atom stereocenters. The van der Waals surface area contributed by atoms with Crippen molar-refractivity contribution in [3.63, 3.8) is 0 Å². The van der Waals surface area contributed by atoms with E-state index in [1.807, 2.05) is 18.0 Å². The summed E-state index contributed by atoms with van der Waals surface area (Å²) in [6.45, 7) is 3.90. The fourth-order valence-electron chi connectivity index (χ4n) is 3.45. The maximum absolute atomic E-state index is 12.5. The van der Waals surface area contributed by atoms with Crippen LogP contribution in [-0.2, 0) is 10.5 Å². The average Bonchev–Trinajstić information content (AvgIpc) is 2.93. The summed E-state index contributed by atoms with van der Waals surface area (Å²) in [7, 11) is 0. The van der Waals surface area contributed by atoms with Crippen LogP contribution in [0.4, 0.5) is 0 Å². The fourth-order valence-corrected chi connectivity index (χ4v) is 3.94. The summed E-state index contributed by atoms with van der Waals surface area (Å²) in [6, 6.07) is 0.457. The average molecular weight is 307 g/mol. The van der Waals surface area contributed by atoms with Crippen LogP contribution < -0.4 is 0 Å². The van der Waals surface area contributed by atoms with Crippen molar-refractivity contribution in [3.05, 3.63) is 18.0 Å². The van der Waals surface area contributed by atoms with E-state index in [1.54, 1.807) is 0 Å². The summed E-state index contributed by atoms with van der Waals surface area (Å²) in [4.78, 5) is 14.6. The first-order valence-corrected chi connectivity index (χ1v) is 9.33. The molecule has 3 rings (SSSR count). The molecule has 0 atom stereocenters. The largest absolute Gasteiger partial charge is 0.342 e. The minimum Gasteiger partial charge on any atom is -0.342 e. The topological polar surface area (TPSA) is 38.1 Å². The number of hydrogen-bond donors (Lipinski definition) is 0. The zero-order valence-electron chi connectivity index (χ0n) is 13.0. The molecule has 2 heterocycles. The molecule has 1 aromatic heterocycles. The van der Waals surface area contributed by atoms with E-state index < -0.39 is 0 Å². The van der Waals surface area contributed by atoms with Gasteiger partial charge < -0.3 is 4.90 Å². The van der Waals surface area contributed by atoms with E-state index in [0.717, 1.165) is 44.5 Å². The highest BCUT2D eigenvalue weighted by Crippen LogP contribution is 2.42. The predicted octanol–water partition coefficient (Wildman–Crippen LogP) is 3.10. The van der Waals surface area contributed by atoms with Gasteiger partial charge in [0.2, 0.25) is 5.91 Å². The molecular formula is C16H25N3OS. The van der Waals surface area contributed by atoms with Gasteiger partial charge in [-0.15, -0.1) is 0 Å². The van der Waals surface area contributed by atoms with Crippen molar-refractivity contribution in [1.82, 2.24) is 14.7 Å². The number of hydrogen-bond acceptors (Lipinski definition) is 3. The Bertz CT molecular complexity index is 501. The number of amides is 1. The Kier molecular flexibility index (Phi) is 4.29. The van der Waals surface area contributed by atoms with Crippen molar-refractivity contribution in [2.24, 2.45) is 5.41 Å². The van der Waals surface area contributed by atoms with Crippen molar-refractivity contribution < 1.29 is 4.79 Å². The van der Waals surface area contributed by atoms with Gasteiger partial charge >= 0.3 is 0 Å². The summed E-state index contributed by atoms with van der Waals surface area (Å²) >= 11 is 1.82. The summed E-state index contributed by atoms with van der Waals surface area (Å²) in [6.07, 6.45) is 11.7. The van der Waals surface area contributed by atoms with E-state index in [4.69, 9.17) is 0 Å². The molecule has 2 fully saturated rings. The van der Waals surface area contributed by atoms with E-state index >= 15 is 0 Å². The van der Waals surface area contributed by atoms with Crippen molar-refractivity contribution in [2.45, 2.75) is 50.8 Å². The quantitative estimate of drug-likeness (QED) is 0.858. The summed E-state index contributed by atoms with van der Waals surface area (Å²) in [5.41, 5.74) is 1.24. The molecule has 0 radical (unpaired) electrons. The molecule has 0 aromatic carbocycles. The van der Waals surface area contributed by atoms with Gasteiger partial charge in [0.1, 0.15) is 0 Å². The molecule has 5 heteroatoms. The van der Waals surface area contributed by atoms with Crippen LogP contribution in [0, 0.1) is 5.41 Å². The van der Waals surface area contributed by atoms with Gasteiger partial charge in [0, 0.05) is 30.5 Å². The van der Waals surface area contributed by atoms with Crippen LogP contribution in [0.1, 0.15) is 50.6 Å². The first-order valence-electron chi connectivity index (χ1n) is 7.94. The Morgan fingerprint density at radius 2 is 2.14 bits per heavy atom. The third-order valence-corrected chi connectivity index (χ3v) is 5.69. The summed E-state index contributed by atoms with van der Waals surface area (Å²) in [5, 5.41) is 4.50. The lowest BCUT2D eigenvalue weighted by atomic mass is 9.69. The molecule has 0 bridgehead atoms. The molecule has 1 aliphatic carbocycles. The van der Waals surface area contributed by atoms with Gasteiger partial charge in [-0.25, -0.2) is 0 Å². The molecular weight excluding hydrogens is 282 g/mol. The van der Waals surface area contributed by atoms with Gasteiger partial charge in [-0.3, -0.25) is 9.48 Å². The van der Waals surface area contributed by atoms with Crippen molar-refractivity contribution in [2.75, 3.05) is 19.3 Å². The predicted molar refractivity (Wildman–Crippen MR) is 86.3 cm³/mol. The molecule has 21 heavy (non-hydrogen) atoms. The molecule has 4 nitrogen and oxygen atoms in total. The number of aromatic nitrogens is 2. The Hall–Kier alpha value is -0.970. The first-order chi connectivity index (χ1) is 10.1. The number of thioether (sulfide) groups is 1. The van der Waals surface area contributed by atoms with Gasteiger partial charge in [0.25, 0.3) is 0 Å². The number of likely N-dealkylation sites (tertiary alicyclic amines) is 1. The Morgan fingerprint density at radius 1 is 1.43 bits per heavy atom. The second-order valence-corrected chi connectivity index (χ2v) is 7.57. The molecule has 1 aromatic rings. The smallest absolute Gasteiger partial charge is 0.228 e. The van der Waals surface area contributed by atoms with Crippen LogP contribution in [-0.4, -0.2) is 39.9 Å². The molecule has 116 valence electrons. The normalized spacial score (nSPS) is 22.1. The van der Waals surface area contributed by atoms with Gasteiger partial charge in [-0.1, -0.05) is 13.3 Å². The van der Waals surface area contributed by atoms with Gasteiger partial charge in [0.15, 0.2) is 0 Å². The highest BCUT2D eigenvalue weighted by molar-refractivity contribution is 7.97. The lowest BCUT2D eigenvalue weighted by Gasteiger charge is -2.43. The SMILES string of the molecule is CSCc1cnn(C2CCN(C(=O)C3(C)CCC3)CC2)c1. The summed E-state index contributed by atoms with van der Waals surface area (Å²) in [5.74, 6) is 1.41. The maximum atomic E-state index is 12.5. The maximum Gasteiger partial charge on any atom is 0.228 e. The third-order valence-electron chi connectivity index (χ3n) is 5.07. The van der Waals surface area contributed by atoms with E-state index in [9.17, 15) is 4.79 Å².